The number of rotatable bonds is 4. The van der Waals surface area contributed by atoms with Crippen molar-refractivity contribution in [3.8, 4) is 23.1 Å². The fourth-order valence-corrected chi connectivity index (χ4v) is 9.59. The van der Waals surface area contributed by atoms with Crippen LogP contribution in [-0.4, -0.2) is 40.5 Å². The minimum Gasteiger partial charge on any atom is -0.482 e. The highest BCUT2D eigenvalue weighted by Crippen LogP contribution is 2.68. The average molecular weight is 675 g/mol. The lowest BCUT2D eigenvalue weighted by atomic mass is 9.42. The van der Waals surface area contributed by atoms with Crippen LogP contribution in [0.15, 0.2) is 94.4 Å². The van der Waals surface area contributed by atoms with Crippen molar-refractivity contribution in [1.82, 2.24) is 4.98 Å². The molecule has 4 heterocycles. The van der Waals surface area contributed by atoms with Crippen molar-refractivity contribution in [2.75, 3.05) is 6.61 Å². The van der Waals surface area contributed by atoms with Crippen molar-refractivity contribution < 1.29 is 33.3 Å². The zero-order valence-electron chi connectivity index (χ0n) is 28.1. The van der Waals surface area contributed by atoms with E-state index >= 15 is 0 Å². The van der Waals surface area contributed by atoms with Crippen LogP contribution in [0, 0.1) is 34.0 Å². The fraction of sp³-hybridized carbons (Fsp3) is 0.400. The van der Waals surface area contributed by atoms with Gasteiger partial charge in [0.05, 0.1) is 29.9 Å². The number of aromatic nitrogens is 1. The van der Waals surface area contributed by atoms with Gasteiger partial charge in [-0.1, -0.05) is 56.3 Å². The number of benzene rings is 2. The zero-order valence-corrected chi connectivity index (χ0v) is 28.1. The van der Waals surface area contributed by atoms with Gasteiger partial charge in [-0.15, -0.1) is 0 Å². The van der Waals surface area contributed by atoms with Crippen molar-refractivity contribution in [3.05, 3.63) is 118 Å². The van der Waals surface area contributed by atoms with Crippen LogP contribution in [0.5, 0.6) is 5.75 Å². The zero-order chi connectivity index (χ0) is 34.8. The van der Waals surface area contributed by atoms with Crippen LogP contribution >= 0.6 is 0 Å². The summed E-state index contributed by atoms with van der Waals surface area (Å²) in [5.74, 6) is -1.14. The summed E-state index contributed by atoms with van der Waals surface area (Å²) in [5.41, 5.74) is -1.24. The lowest BCUT2D eigenvalue weighted by molar-refractivity contribution is -0.330. The number of carbonyl (C=O) groups excluding carboxylic acids is 1. The van der Waals surface area contributed by atoms with Crippen LogP contribution in [0.3, 0.4) is 0 Å². The third-order valence-corrected chi connectivity index (χ3v) is 11.9. The van der Waals surface area contributed by atoms with Crippen molar-refractivity contribution >= 4 is 5.97 Å². The molecule has 0 amide bonds. The minimum atomic E-state index is -1.30. The summed E-state index contributed by atoms with van der Waals surface area (Å²) in [6.07, 6.45) is 2.04. The largest absolute Gasteiger partial charge is 0.482 e. The second kappa shape index (κ2) is 11.9. The lowest BCUT2D eigenvalue weighted by Crippen LogP contribution is -2.72. The molecule has 0 radical (unpaired) electrons. The van der Waals surface area contributed by atoms with Crippen LogP contribution in [-0.2, 0) is 14.2 Å². The Morgan fingerprint density at radius 3 is 2.58 bits per heavy atom. The van der Waals surface area contributed by atoms with Gasteiger partial charge in [-0.05, 0) is 61.8 Å². The number of pyridine rings is 1. The first-order chi connectivity index (χ1) is 24.1. The van der Waals surface area contributed by atoms with Crippen molar-refractivity contribution in [2.45, 2.75) is 70.2 Å². The average Bonchev–Trinajstić information content (AvgIpc) is 3.12. The van der Waals surface area contributed by atoms with Crippen LogP contribution in [0.2, 0.25) is 0 Å². The number of fused-ring (bicyclic) bond motifs is 6. The standard InChI is InChI=1S/C40H38N2O8/c1-38-16-15-30-39(2,22-46-37(49-30)23-10-5-4-6-11-23)29(38)19-31(48-35(44)26-14-8-7-12-24(26)20-41)40(3)34(38)33(43)32-28(50-40)18-27(47-36(32)45)25-13-9-17-42-21-25/h4-14,17-18,21,29-31,33-34,37,43H,15-16,19,22H2,1-3H3/t29?,30-,31-,33-,34?,37?,38-,39-,40?/m0/s1. The third-order valence-electron chi connectivity index (χ3n) is 11.9. The fourth-order valence-electron chi connectivity index (χ4n) is 9.59. The lowest BCUT2D eigenvalue weighted by Gasteiger charge is -2.67. The first-order valence-electron chi connectivity index (χ1n) is 17.0. The number of carbonyl (C=O) groups is 1. The molecule has 4 aliphatic rings. The van der Waals surface area contributed by atoms with Crippen LogP contribution in [0.25, 0.3) is 11.3 Å². The van der Waals surface area contributed by atoms with Gasteiger partial charge in [0, 0.05) is 40.9 Å². The SMILES string of the molecule is CC12Oc3cc(-c4cccnc4)oc(=O)c3[C@H](O)C1[C@@]1(C)CC[C@@H]3OC(c4ccccc4)OC[C@@]3(C)C1C[C@@H]2OC(=O)c1ccccc1C#N. The molecule has 0 spiro atoms. The molecule has 3 fully saturated rings. The van der Waals surface area contributed by atoms with E-state index in [0.717, 1.165) is 5.56 Å². The van der Waals surface area contributed by atoms with Gasteiger partial charge in [0.15, 0.2) is 6.29 Å². The molecule has 4 unspecified atom stereocenters. The number of esters is 1. The minimum absolute atomic E-state index is 0.0365. The highest BCUT2D eigenvalue weighted by molar-refractivity contribution is 5.92. The van der Waals surface area contributed by atoms with Gasteiger partial charge in [0.2, 0.25) is 0 Å². The topological polar surface area (TPSA) is 141 Å². The van der Waals surface area contributed by atoms with Crippen molar-refractivity contribution in [2.24, 2.45) is 22.7 Å². The Labute approximate surface area is 289 Å². The Hall–Kier alpha value is -4.82. The number of ether oxygens (including phenoxy) is 4. The summed E-state index contributed by atoms with van der Waals surface area (Å²) in [7, 11) is 0. The number of aliphatic hydroxyl groups excluding tert-OH is 1. The van der Waals surface area contributed by atoms with Crippen LogP contribution in [0.4, 0.5) is 0 Å². The van der Waals surface area contributed by atoms with E-state index in [1.807, 2.05) is 37.3 Å². The van der Waals surface area contributed by atoms with E-state index in [9.17, 15) is 20.0 Å². The molecule has 10 heteroatoms. The van der Waals surface area contributed by atoms with Crippen molar-refractivity contribution in [3.63, 3.8) is 0 Å². The second-order valence-electron chi connectivity index (χ2n) is 14.7. The van der Waals surface area contributed by atoms with E-state index in [1.54, 1.807) is 54.9 Å². The van der Waals surface area contributed by atoms with E-state index in [2.05, 4.69) is 24.9 Å². The van der Waals surface area contributed by atoms with Gasteiger partial charge in [0.25, 0.3) is 0 Å². The maximum Gasteiger partial charge on any atom is 0.345 e. The molecule has 2 aromatic heterocycles. The van der Waals surface area contributed by atoms with Crippen molar-refractivity contribution in [1.29, 1.82) is 5.26 Å². The molecule has 1 N–H and O–H groups in total. The summed E-state index contributed by atoms with van der Waals surface area (Å²) >= 11 is 0. The molecule has 2 aromatic carbocycles. The first kappa shape index (κ1) is 32.4. The summed E-state index contributed by atoms with van der Waals surface area (Å²) in [6, 6.07) is 23.5. The van der Waals surface area contributed by atoms with Gasteiger partial charge in [-0.2, -0.15) is 5.26 Å². The van der Waals surface area contributed by atoms with Gasteiger partial charge >= 0.3 is 11.6 Å². The van der Waals surface area contributed by atoms with Gasteiger partial charge in [-0.25, -0.2) is 9.59 Å². The monoisotopic (exact) mass is 674 g/mol. The highest BCUT2D eigenvalue weighted by Gasteiger charge is 2.71. The molecule has 2 aliphatic heterocycles. The molecule has 50 heavy (non-hydrogen) atoms. The number of nitriles is 1. The number of hydrogen-bond acceptors (Lipinski definition) is 10. The Morgan fingerprint density at radius 2 is 1.82 bits per heavy atom. The van der Waals surface area contributed by atoms with E-state index in [4.69, 9.17) is 23.4 Å². The Kier molecular flexibility index (Phi) is 7.71. The van der Waals surface area contributed by atoms with Crippen LogP contribution < -0.4 is 10.4 Å². The molecule has 9 atom stereocenters. The molecule has 10 nitrogen and oxygen atoms in total. The molecule has 256 valence electrons. The number of aliphatic hydroxyl groups is 1. The number of hydrogen-bond donors (Lipinski definition) is 1. The van der Waals surface area contributed by atoms with E-state index in [1.165, 1.54) is 0 Å². The van der Waals surface area contributed by atoms with Gasteiger partial charge < -0.3 is 28.5 Å². The molecular formula is C40H38N2O8. The molecule has 8 rings (SSSR count). The number of nitrogens with zero attached hydrogens (tertiary/aromatic N) is 2. The summed E-state index contributed by atoms with van der Waals surface area (Å²) in [4.78, 5) is 31.8. The molecular weight excluding hydrogens is 636 g/mol. The molecule has 2 saturated carbocycles. The predicted molar refractivity (Wildman–Crippen MR) is 180 cm³/mol. The third kappa shape index (κ3) is 4.90. The Morgan fingerprint density at radius 1 is 1.04 bits per heavy atom. The van der Waals surface area contributed by atoms with Gasteiger partial charge in [0.1, 0.15) is 34.8 Å². The van der Waals surface area contributed by atoms with Gasteiger partial charge in [-0.3, -0.25) is 4.98 Å². The Bertz CT molecular complexity index is 2050. The molecule has 2 aliphatic carbocycles. The Balaban J connectivity index is 1.22. The summed E-state index contributed by atoms with van der Waals surface area (Å²) < 4.78 is 32.1. The van der Waals surface area contributed by atoms with E-state index < -0.39 is 52.4 Å². The molecule has 1 saturated heterocycles. The quantitative estimate of drug-likeness (QED) is 0.237. The second-order valence-corrected chi connectivity index (χ2v) is 14.7. The first-order valence-corrected chi connectivity index (χ1v) is 17.0. The smallest absolute Gasteiger partial charge is 0.345 e. The summed E-state index contributed by atoms with van der Waals surface area (Å²) in [6.45, 7) is 6.51. The van der Waals surface area contributed by atoms with Crippen LogP contribution in [0.1, 0.15) is 79.5 Å². The normalized spacial score (nSPS) is 34.1. The molecule has 4 aromatic rings. The summed E-state index contributed by atoms with van der Waals surface area (Å²) in [5, 5.41) is 22.2. The van der Waals surface area contributed by atoms with E-state index in [0.29, 0.717) is 31.4 Å². The highest BCUT2D eigenvalue weighted by atomic mass is 16.7. The maximum atomic E-state index is 13.9. The van der Waals surface area contributed by atoms with E-state index in [-0.39, 0.29) is 40.2 Å². The predicted octanol–water partition coefficient (Wildman–Crippen LogP) is 6.54. The maximum absolute atomic E-state index is 13.9. The molecule has 0 bridgehead atoms.